The number of rotatable bonds is 26. The van der Waals surface area contributed by atoms with Gasteiger partial charge in [-0.25, -0.2) is 16.8 Å². The van der Waals surface area contributed by atoms with Crippen molar-refractivity contribution in [2.24, 2.45) is 17.8 Å². The van der Waals surface area contributed by atoms with Crippen LogP contribution in [0.25, 0.3) is 0 Å². The van der Waals surface area contributed by atoms with Crippen molar-refractivity contribution >= 4 is 70.9 Å². The Hall–Kier alpha value is -11.1. The zero-order valence-electron chi connectivity index (χ0n) is 70.5. The second-order valence-corrected chi connectivity index (χ2v) is 32.7. The summed E-state index contributed by atoms with van der Waals surface area (Å²) in [6.07, 6.45) is 7.76. The van der Waals surface area contributed by atoms with Crippen LogP contribution in [0, 0.1) is 31.6 Å². The Bertz CT molecular complexity index is 5030. The van der Waals surface area contributed by atoms with Crippen molar-refractivity contribution in [3.05, 3.63) is 261 Å². The number of piperidine rings is 3. The quantitative estimate of drug-likeness (QED) is 0.0104. The van der Waals surface area contributed by atoms with Gasteiger partial charge in [0.05, 0.1) is 43.2 Å². The lowest BCUT2D eigenvalue weighted by Gasteiger charge is -2.33. The number of carbonyl (C=O) groups is 2. The van der Waals surface area contributed by atoms with Gasteiger partial charge in [0.15, 0.2) is 12.6 Å². The van der Waals surface area contributed by atoms with E-state index in [2.05, 4.69) is 60.7 Å². The highest BCUT2D eigenvalue weighted by Crippen LogP contribution is 2.33. The van der Waals surface area contributed by atoms with Crippen molar-refractivity contribution in [1.29, 1.82) is 0 Å². The molecule has 3 atom stereocenters. The highest BCUT2D eigenvalue weighted by atomic mass is 79.9. The van der Waals surface area contributed by atoms with Crippen molar-refractivity contribution in [1.82, 2.24) is 20.4 Å². The molecular weight excluding hydrogens is 1850 g/mol. The predicted molar refractivity (Wildman–Crippen MR) is 513 cm³/mol. The lowest BCUT2D eigenvalue weighted by atomic mass is 9.98. The van der Waals surface area contributed by atoms with E-state index in [4.69, 9.17) is 55.1 Å². The van der Waals surface area contributed by atoms with Gasteiger partial charge in [0.2, 0.25) is 0 Å². The summed E-state index contributed by atoms with van der Waals surface area (Å²) in [7, 11) is -9.72. The topological polar surface area (TPSA) is 471 Å². The smallest absolute Gasteiger partial charge is 0.262 e. The van der Waals surface area contributed by atoms with Gasteiger partial charge in [-0.2, -0.15) is 0 Å². The van der Waals surface area contributed by atoms with Crippen LogP contribution in [0.5, 0.6) is 86.2 Å². The van der Waals surface area contributed by atoms with Gasteiger partial charge in [-0.15, -0.1) is 0 Å². The van der Waals surface area contributed by atoms with Crippen LogP contribution < -0.4 is 38.1 Å². The number of phenols is 10. The third-order valence-electron chi connectivity index (χ3n) is 18.5. The van der Waals surface area contributed by atoms with Crippen LogP contribution in [0.4, 0.5) is 5.69 Å². The minimum absolute atomic E-state index is 0. The number of phenolic OH excluding ortho intramolecular Hbond substituents is 10. The summed E-state index contributed by atoms with van der Waals surface area (Å²) in [5, 5.41) is 115. The Morgan fingerprint density at radius 3 is 1.42 bits per heavy atom. The summed E-state index contributed by atoms with van der Waals surface area (Å²) in [5.74, 6) is 4.26. The van der Waals surface area contributed by atoms with E-state index in [9.17, 15) is 56.0 Å². The number of hydrogen-bond donors (Lipinski definition) is 14. The lowest BCUT2D eigenvalue weighted by Crippen LogP contribution is -2.37. The molecule has 3 heterocycles. The number of aryl methyl sites for hydroxylation is 2. The average Bonchev–Trinajstić information content (AvgIpc) is 0.832. The molecule has 0 aliphatic carbocycles. The summed E-state index contributed by atoms with van der Waals surface area (Å²) in [6.45, 7) is 19.7. The van der Waals surface area contributed by atoms with E-state index in [-0.39, 0.29) is 105 Å². The maximum Gasteiger partial charge on any atom is 0.262 e. The number of aldehydes is 2. The molecule has 130 heavy (non-hydrogen) atoms. The van der Waals surface area contributed by atoms with Gasteiger partial charge >= 0.3 is 0 Å². The number of ether oxygens (including phenoxy) is 3. The molecule has 3 aliphatic heterocycles. The van der Waals surface area contributed by atoms with Crippen molar-refractivity contribution in [2.45, 2.75) is 109 Å². The van der Waals surface area contributed by atoms with Gasteiger partial charge in [0, 0.05) is 115 Å². The number of anilines is 1. The first-order valence-electron chi connectivity index (χ1n) is 40.4. The van der Waals surface area contributed by atoms with E-state index < -0.39 is 20.8 Å². The number of benzene rings is 10. The van der Waals surface area contributed by atoms with Gasteiger partial charge in [0.1, 0.15) is 92.8 Å². The third-order valence-corrected chi connectivity index (χ3v) is 20.3. The molecule has 0 saturated carbocycles. The van der Waals surface area contributed by atoms with Gasteiger partial charge in [-0.05, 0) is 224 Å². The van der Waals surface area contributed by atoms with Crippen molar-refractivity contribution < 1.29 is 119 Å². The van der Waals surface area contributed by atoms with Crippen LogP contribution in [0.2, 0.25) is 0 Å². The maximum atomic E-state index is 11.0. The number of aliphatic hydroxyl groups excluding tert-OH is 2. The number of hydrogen-bond acceptors (Lipinski definition) is 30. The SMILES string of the molecule is C.C.C.C.CCN(CCOc1cc(C)cc(O)c1)c1cc(Br)ccc1O.CCNCCO.Cc1cc(O)cc(O)c1.O=Cc1cc(Br)ccc1O.O=Cc1ccccc1O.O=S(=O)([O-])Oc1cccc(OCC2CCCN(Cc3ccccc3OS(=O)(=O)[O-])C2)c1.OCC1CCCNC1.Oc1cccc(O)c1.Oc1cccc(OCC2CCCN(Cc3ccccc3O)C2)c1. The summed E-state index contributed by atoms with van der Waals surface area (Å²) >= 11 is 6.58. The largest absolute Gasteiger partial charge is 0.716 e. The Morgan fingerprint density at radius 1 is 0.477 bits per heavy atom. The number of para-hydroxylation sites is 3. The zero-order valence-corrected chi connectivity index (χ0v) is 75.3. The molecular formula is C96H129Br2N5O25S2-2. The number of nitrogens with one attached hydrogen (secondary N) is 2. The molecule has 716 valence electrons. The number of halogens is 2. The molecule has 3 unspecified atom stereocenters. The van der Waals surface area contributed by atoms with Gasteiger partial charge in [-0.3, -0.25) is 19.4 Å². The fourth-order valence-corrected chi connectivity index (χ4v) is 14.1. The van der Waals surface area contributed by atoms with E-state index in [1.165, 1.54) is 73.5 Å². The van der Waals surface area contributed by atoms with E-state index in [1.54, 1.807) is 128 Å². The third kappa shape index (κ3) is 49.0. The first-order chi connectivity index (χ1) is 60.2. The molecule has 0 aromatic heterocycles. The molecule has 10 aromatic carbocycles. The highest BCUT2D eigenvalue weighted by molar-refractivity contribution is 9.10. The average molecular weight is 1980 g/mol. The Kier molecular flexibility index (Phi) is 57.4. The molecule has 0 bridgehead atoms. The molecule has 0 amide bonds. The molecule has 10 aromatic rings. The van der Waals surface area contributed by atoms with Crippen molar-refractivity contribution in [3.63, 3.8) is 0 Å². The van der Waals surface area contributed by atoms with Gasteiger partial charge in [0.25, 0.3) is 20.8 Å². The van der Waals surface area contributed by atoms with Crippen LogP contribution in [0.3, 0.4) is 0 Å². The number of aliphatic hydroxyl groups is 2. The normalized spacial score (nSPS) is 14.2. The monoisotopic (exact) mass is 1970 g/mol. The van der Waals surface area contributed by atoms with E-state index in [0.29, 0.717) is 110 Å². The van der Waals surface area contributed by atoms with Crippen LogP contribution >= 0.6 is 31.9 Å². The predicted octanol–water partition coefficient (Wildman–Crippen LogP) is 16.9. The zero-order chi connectivity index (χ0) is 92.4. The van der Waals surface area contributed by atoms with Crippen LogP contribution in [-0.2, 0) is 33.9 Å². The number of nitrogens with zero attached hydrogens (tertiary/aromatic N) is 3. The molecule has 0 radical (unpaired) electrons. The number of carbonyl (C=O) groups excluding carboxylic acids is 2. The Balaban J connectivity index is 0.000000769. The van der Waals surface area contributed by atoms with E-state index in [0.717, 1.165) is 116 Å². The molecule has 30 nitrogen and oxygen atoms in total. The maximum absolute atomic E-state index is 11.0. The van der Waals surface area contributed by atoms with E-state index >= 15 is 0 Å². The molecule has 14 N–H and O–H groups in total. The fraction of sp³-hybridized carbons (Fsp3) is 0.354. The second-order valence-electron chi connectivity index (χ2n) is 28.9. The summed E-state index contributed by atoms with van der Waals surface area (Å²) in [5.41, 5.74) is 4.77. The molecule has 3 fully saturated rings. The van der Waals surface area contributed by atoms with Crippen LogP contribution in [0.15, 0.2) is 227 Å². The van der Waals surface area contributed by atoms with Crippen LogP contribution in [0.1, 0.15) is 125 Å². The molecule has 3 saturated heterocycles. The molecule has 13 rings (SSSR count). The Labute approximate surface area is 782 Å². The first-order valence-corrected chi connectivity index (χ1v) is 44.6. The number of aromatic hydroxyl groups is 10. The molecule has 3 aliphatic rings. The molecule has 34 heteroatoms. The van der Waals surface area contributed by atoms with Gasteiger partial charge in [-0.1, -0.05) is 135 Å². The highest BCUT2D eigenvalue weighted by Gasteiger charge is 2.24. The summed E-state index contributed by atoms with van der Waals surface area (Å²) in [4.78, 5) is 26.8. The number of likely N-dealkylation sites (N-methyl/N-ethyl adjacent to an activating group) is 2. The minimum Gasteiger partial charge on any atom is -0.716 e. The lowest BCUT2D eigenvalue weighted by molar-refractivity contribution is 0.111. The molecule has 0 spiro atoms. The van der Waals surface area contributed by atoms with Crippen molar-refractivity contribution in [3.8, 4) is 86.2 Å². The minimum atomic E-state index is -4.86. The van der Waals surface area contributed by atoms with E-state index in [1.807, 2.05) is 62.1 Å². The summed E-state index contributed by atoms with van der Waals surface area (Å²) in [6, 6.07) is 58.7. The second kappa shape index (κ2) is 63.8. The van der Waals surface area contributed by atoms with Crippen LogP contribution in [-0.4, -0.2) is 208 Å². The Morgan fingerprint density at radius 2 is 0.946 bits per heavy atom. The van der Waals surface area contributed by atoms with Gasteiger partial charge < -0.3 is 108 Å². The fourth-order valence-electron chi connectivity index (χ4n) is 12.6. The van der Waals surface area contributed by atoms with Crippen molar-refractivity contribution in [2.75, 3.05) is 103 Å². The standard InChI is InChI=1S/C19H23NO9S2.C19H23NO3.C17H20BrNO3.C7H5BrO2.C7H8O2.C7H6O2.C6H13NO.C6H6O2.C4H11NO.4CH4/c21-30(22,23)28-18-8-3-7-17(11-18)27-14-15-5-4-10-20(12-15)13-16-6-1-2-9-19(16)29-31(24,25)26;21-17-7-3-8-18(11-17)23-14-15-5-4-10-20(12-15)13-16-6-1-2-9-19(16)22;1-3-19(16-10-13(18)4-5-17(16)21)6-7-22-15-9-12(2)8-14(20)11-15;8-6-1-2-7(10)5(3-6)4-9;1-5-2-6(8)4-7(9)3-5;8-5-6-3-1-2-4-7(6)9;8-5-6-2-1-3-7-4-6;7-5-2-1-3-6(8)4-5;1-2-5-3-4-6;;;;/h1-3,6-9,11,15H,4-5,10,12-14H2,(H,21,22,23)(H,24,25,26);1-3,6-9,11,15,21-22H,4-5,10,12-14H2;4-5,8-11,20-21H,3,6-7H2,1-2H3;1-4,10H;2-4,8-9H,1H3;1-5,9H;6-8H,1-5H2;1-4,7-8H;5-6H,2-4H2,1H3;4*1H4/p-2. The first kappa shape index (κ1) is 117. The summed E-state index contributed by atoms with van der Waals surface area (Å²) < 4.78 is 92.8. The number of likely N-dealkylation sites (tertiary alicyclic amines) is 2.